The van der Waals surface area contributed by atoms with E-state index in [1.807, 2.05) is 30.4 Å². The van der Waals surface area contributed by atoms with Gasteiger partial charge in [0.2, 0.25) is 5.91 Å². The number of allylic oxidation sites excluding steroid dienone is 4. The van der Waals surface area contributed by atoms with E-state index in [0.29, 0.717) is 31.2 Å². The molecule has 3 rings (SSSR count). The highest BCUT2D eigenvalue weighted by molar-refractivity contribution is 5.85. The van der Waals surface area contributed by atoms with E-state index in [1.54, 1.807) is 6.08 Å². The van der Waals surface area contributed by atoms with E-state index >= 15 is 0 Å². The molecule has 0 saturated heterocycles. The topological polar surface area (TPSA) is 109 Å². The number of oxime groups is 1. The van der Waals surface area contributed by atoms with Crippen LogP contribution in [0.1, 0.15) is 49.3 Å². The molecule has 40 heavy (non-hydrogen) atoms. The minimum atomic E-state index is -1.04. The number of nitrogens with one attached hydrogen (secondary N) is 2. The lowest BCUT2D eigenvalue weighted by molar-refractivity contribution is -0.120. The molecule has 1 fully saturated rings. The fraction of sp³-hybridized carbons (Fsp3) is 0.355. The Kier molecular flexibility index (Phi) is 11.2. The Labute approximate surface area is 234 Å². The molecule has 0 heterocycles. The van der Waals surface area contributed by atoms with Gasteiger partial charge in [0.05, 0.1) is 17.9 Å². The van der Waals surface area contributed by atoms with Gasteiger partial charge in [0.1, 0.15) is 18.7 Å². The number of nitrogens with two attached hydrogens (primary N) is 1. The molecule has 9 heteroatoms. The van der Waals surface area contributed by atoms with Crippen LogP contribution in [0.15, 0.2) is 78.6 Å². The van der Waals surface area contributed by atoms with Gasteiger partial charge in [-0.25, -0.2) is 8.78 Å². The zero-order valence-corrected chi connectivity index (χ0v) is 23.0. The van der Waals surface area contributed by atoms with Crippen molar-refractivity contribution in [2.45, 2.75) is 56.7 Å². The molecular weight excluding hydrogens is 514 g/mol. The zero-order valence-electron chi connectivity index (χ0n) is 23.0. The lowest BCUT2D eigenvalue weighted by atomic mass is 9.75. The number of carbonyl (C=O) groups is 1. The molecule has 1 aliphatic rings. The highest BCUT2D eigenvalue weighted by Crippen LogP contribution is 2.37. The Morgan fingerprint density at radius 1 is 1.23 bits per heavy atom. The van der Waals surface area contributed by atoms with Gasteiger partial charge in [-0.05, 0) is 84.8 Å². The summed E-state index contributed by atoms with van der Waals surface area (Å²) in [6.07, 6.45) is 8.66. The first-order chi connectivity index (χ1) is 19.2. The molecule has 1 aliphatic carbocycles. The number of rotatable bonds is 12. The second-order valence-electron chi connectivity index (χ2n) is 9.96. The Morgan fingerprint density at radius 2 is 1.93 bits per heavy atom. The Bertz CT molecular complexity index is 1240. The summed E-state index contributed by atoms with van der Waals surface area (Å²) in [7, 11) is 1.53. The summed E-state index contributed by atoms with van der Waals surface area (Å²) in [6, 6.07) is 10.5. The van der Waals surface area contributed by atoms with Crippen LogP contribution >= 0.6 is 0 Å². The van der Waals surface area contributed by atoms with Gasteiger partial charge in [-0.2, -0.15) is 0 Å². The standard InChI is InChI=1S/C31H38F2N4O3/c1-4-6-23(11-14-34)24-7-5-8-25(18-24)31(12-9-28(10-13-31)37-40-3)35-20-30(39)29(36-21(2)38)17-22-15-26(32)19-27(33)16-22/h4-8,11,14-16,18-19,29-30,35,39H,1,9-10,12-13,17,20,34H2,2-3H3,(H,36,38)/b14-11-,23-6+,37-28?. The largest absolute Gasteiger partial charge is 0.405 e. The first kappa shape index (κ1) is 30.7. The van der Waals surface area contributed by atoms with Crippen molar-refractivity contribution in [1.82, 2.24) is 10.6 Å². The van der Waals surface area contributed by atoms with Crippen LogP contribution in [0.25, 0.3) is 5.57 Å². The number of carbonyl (C=O) groups excluding carboxylic acids is 1. The summed E-state index contributed by atoms with van der Waals surface area (Å²) in [6.45, 7) is 5.27. The molecule has 0 radical (unpaired) electrons. The number of halogens is 2. The number of hydrogen-bond acceptors (Lipinski definition) is 6. The average molecular weight is 553 g/mol. The maximum atomic E-state index is 13.8. The van der Waals surface area contributed by atoms with Crippen molar-refractivity contribution >= 4 is 17.2 Å². The lowest BCUT2D eigenvalue weighted by Gasteiger charge is -2.40. The van der Waals surface area contributed by atoms with E-state index in [4.69, 9.17) is 10.6 Å². The maximum Gasteiger partial charge on any atom is 0.217 e. The van der Waals surface area contributed by atoms with E-state index in [-0.39, 0.29) is 18.9 Å². The molecule has 0 bridgehead atoms. The van der Waals surface area contributed by atoms with E-state index in [1.165, 1.54) is 32.4 Å². The molecular formula is C31H38F2N4O3. The molecule has 214 valence electrons. The van der Waals surface area contributed by atoms with Gasteiger partial charge < -0.3 is 26.3 Å². The van der Waals surface area contributed by atoms with Crippen LogP contribution in [-0.4, -0.2) is 42.5 Å². The summed E-state index contributed by atoms with van der Waals surface area (Å²) < 4.78 is 27.6. The van der Waals surface area contributed by atoms with Crippen molar-refractivity contribution in [3.8, 4) is 0 Å². The van der Waals surface area contributed by atoms with Crippen molar-refractivity contribution in [2.75, 3.05) is 13.7 Å². The van der Waals surface area contributed by atoms with Crippen LogP contribution in [0.5, 0.6) is 0 Å². The fourth-order valence-corrected chi connectivity index (χ4v) is 5.20. The molecule has 0 aromatic heterocycles. The van der Waals surface area contributed by atoms with Crippen molar-refractivity contribution in [3.63, 3.8) is 0 Å². The van der Waals surface area contributed by atoms with Crippen LogP contribution in [-0.2, 0) is 21.6 Å². The number of hydrogen-bond donors (Lipinski definition) is 4. The molecule has 1 amide bonds. The Balaban J connectivity index is 1.90. The van der Waals surface area contributed by atoms with Gasteiger partial charge in [-0.3, -0.25) is 4.79 Å². The normalized spacial score (nSPS) is 19.2. The molecule has 0 spiro atoms. The quantitative estimate of drug-likeness (QED) is 0.229. The monoisotopic (exact) mass is 552 g/mol. The van der Waals surface area contributed by atoms with Crippen LogP contribution in [0.2, 0.25) is 0 Å². The molecule has 5 N–H and O–H groups in total. The van der Waals surface area contributed by atoms with E-state index in [0.717, 1.165) is 28.5 Å². The van der Waals surface area contributed by atoms with Gasteiger partial charge in [0.25, 0.3) is 0 Å². The molecule has 7 nitrogen and oxygen atoms in total. The van der Waals surface area contributed by atoms with E-state index in [9.17, 15) is 18.7 Å². The Hall–Kier alpha value is -3.82. The molecule has 2 aromatic rings. The fourth-order valence-electron chi connectivity index (χ4n) is 5.20. The van der Waals surface area contributed by atoms with Crippen LogP contribution in [0.4, 0.5) is 8.78 Å². The first-order valence-electron chi connectivity index (χ1n) is 13.3. The van der Waals surface area contributed by atoms with Crippen molar-refractivity contribution in [1.29, 1.82) is 0 Å². The lowest BCUT2D eigenvalue weighted by Crippen LogP contribution is -2.53. The molecule has 1 saturated carbocycles. The van der Waals surface area contributed by atoms with Crippen LogP contribution in [0.3, 0.4) is 0 Å². The minimum Gasteiger partial charge on any atom is -0.405 e. The van der Waals surface area contributed by atoms with Crippen LogP contribution < -0.4 is 16.4 Å². The predicted molar refractivity (Wildman–Crippen MR) is 154 cm³/mol. The molecule has 2 aromatic carbocycles. The van der Waals surface area contributed by atoms with Gasteiger partial charge in [0.15, 0.2) is 0 Å². The first-order valence-corrected chi connectivity index (χ1v) is 13.3. The average Bonchev–Trinajstić information content (AvgIpc) is 2.91. The van der Waals surface area contributed by atoms with Crippen molar-refractivity contribution in [2.24, 2.45) is 10.9 Å². The second-order valence-corrected chi connectivity index (χ2v) is 9.96. The Morgan fingerprint density at radius 3 is 2.52 bits per heavy atom. The van der Waals surface area contributed by atoms with E-state index in [2.05, 4.69) is 28.4 Å². The van der Waals surface area contributed by atoms with Crippen molar-refractivity contribution in [3.05, 3.63) is 102 Å². The summed E-state index contributed by atoms with van der Waals surface area (Å²) in [5.74, 6) is -1.78. The summed E-state index contributed by atoms with van der Waals surface area (Å²) >= 11 is 0. The third-order valence-corrected chi connectivity index (χ3v) is 7.10. The maximum absolute atomic E-state index is 13.8. The van der Waals surface area contributed by atoms with Gasteiger partial charge in [0, 0.05) is 25.1 Å². The van der Waals surface area contributed by atoms with Gasteiger partial charge in [-0.15, -0.1) is 0 Å². The smallest absolute Gasteiger partial charge is 0.217 e. The third kappa shape index (κ3) is 8.34. The number of aliphatic hydroxyl groups is 1. The highest BCUT2D eigenvalue weighted by Gasteiger charge is 2.37. The number of nitrogens with zero attached hydrogens (tertiary/aromatic N) is 1. The number of amides is 1. The summed E-state index contributed by atoms with van der Waals surface area (Å²) in [5, 5.41) is 21.7. The summed E-state index contributed by atoms with van der Waals surface area (Å²) in [4.78, 5) is 16.9. The number of benzene rings is 2. The molecule has 0 aliphatic heterocycles. The number of aliphatic hydroxyl groups excluding tert-OH is 1. The zero-order chi connectivity index (χ0) is 29.1. The SMILES string of the molecule is C=C/C=C(\C=C/N)c1cccc(C2(NCC(O)C(Cc3cc(F)cc(F)c3)NC(C)=O)CCC(=NOC)CC2)c1. The van der Waals surface area contributed by atoms with Crippen LogP contribution in [0, 0.1) is 11.6 Å². The van der Waals surface area contributed by atoms with E-state index < -0.39 is 29.3 Å². The summed E-state index contributed by atoms with van der Waals surface area (Å²) in [5.41, 5.74) is 9.34. The van der Waals surface area contributed by atoms with Gasteiger partial charge >= 0.3 is 0 Å². The predicted octanol–water partition coefficient (Wildman–Crippen LogP) is 4.48. The third-order valence-electron chi connectivity index (χ3n) is 7.10. The van der Waals surface area contributed by atoms with Gasteiger partial charge in [-0.1, -0.05) is 42.1 Å². The highest BCUT2D eigenvalue weighted by atomic mass is 19.1. The molecule has 2 unspecified atom stereocenters. The van der Waals surface area contributed by atoms with Crippen molar-refractivity contribution < 1.29 is 23.5 Å². The molecule has 2 atom stereocenters. The second kappa shape index (κ2) is 14.5. The minimum absolute atomic E-state index is 0.0609.